The van der Waals surface area contributed by atoms with Gasteiger partial charge in [-0.25, -0.2) is 0 Å². The summed E-state index contributed by atoms with van der Waals surface area (Å²) in [6, 6.07) is 0.970. The van der Waals surface area contributed by atoms with Gasteiger partial charge in [0.25, 0.3) is 0 Å². The summed E-state index contributed by atoms with van der Waals surface area (Å²) in [6.45, 7) is 2.16. The van der Waals surface area contributed by atoms with E-state index >= 15 is 0 Å². The molecule has 0 aromatic rings. The first-order valence-electron chi connectivity index (χ1n) is 4.84. The topological polar surface area (TPSA) is 41.3 Å². The Morgan fingerprint density at radius 3 is 2.67 bits per heavy atom. The highest BCUT2D eigenvalue weighted by molar-refractivity contribution is 4.85. The summed E-state index contributed by atoms with van der Waals surface area (Å²) in [5.41, 5.74) is 5.92. The molecular formula is C9H21N3. The molecule has 0 aromatic heterocycles. The summed E-state index contributed by atoms with van der Waals surface area (Å²) < 4.78 is 0. The van der Waals surface area contributed by atoms with Gasteiger partial charge in [-0.2, -0.15) is 0 Å². The second-order valence-electron chi connectivity index (χ2n) is 3.96. The average molecular weight is 171 g/mol. The van der Waals surface area contributed by atoms with Crippen molar-refractivity contribution < 1.29 is 0 Å². The molecule has 0 saturated heterocycles. The van der Waals surface area contributed by atoms with E-state index < -0.39 is 0 Å². The first kappa shape index (κ1) is 9.96. The van der Waals surface area contributed by atoms with Crippen LogP contribution < -0.4 is 11.1 Å². The van der Waals surface area contributed by atoms with Crippen LogP contribution >= 0.6 is 0 Å². The second-order valence-corrected chi connectivity index (χ2v) is 3.96. The van der Waals surface area contributed by atoms with Crippen LogP contribution in [0.2, 0.25) is 0 Å². The molecule has 3 heteroatoms. The minimum Gasteiger partial charge on any atom is -0.326 e. The van der Waals surface area contributed by atoms with Crippen LogP contribution in [-0.2, 0) is 0 Å². The predicted molar refractivity (Wildman–Crippen MR) is 52.2 cm³/mol. The molecule has 1 saturated carbocycles. The van der Waals surface area contributed by atoms with E-state index in [-0.39, 0.29) is 0 Å². The lowest BCUT2D eigenvalue weighted by molar-refractivity contribution is 0.375. The summed E-state index contributed by atoms with van der Waals surface area (Å²) in [7, 11) is 4.19. The zero-order chi connectivity index (χ0) is 8.97. The van der Waals surface area contributed by atoms with Gasteiger partial charge in [-0.15, -0.1) is 0 Å². The van der Waals surface area contributed by atoms with E-state index in [1.165, 1.54) is 19.3 Å². The summed E-state index contributed by atoms with van der Waals surface area (Å²) >= 11 is 0. The predicted octanol–water partition coefficient (Wildman–Crippen LogP) is 0.0174. The highest BCUT2D eigenvalue weighted by Gasteiger charge is 2.22. The molecule has 3 N–H and O–H groups in total. The number of likely N-dealkylation sites (N-methyl/N-ethyl adjacent to an activating group) is 1. The van der Waals surface area contributed by atoms with E-state index in [1.807, 2.05) is 0 Å². The normalized spacial score (nSPS) is 30.0. The summed E-state index contributed by atoms with van der Waals surface area (Å²) in [5.74, 6) is 0. The molecule has 0 radical (unpaired) electrons. The van der Waals surface area contributed by atoms with Gasteiger partial charge in [0, 0.05) is 25.2 Å². The van der Waals surface area contributed by atoms with E-state index in [2.05, 4.69) is 24.3 Å². The van der Waals surface area contributed by atoms with Crippen LogP contribution in [0.3, 0.4) is 0 Å². The van der Waals surface area contributed by atoms with Crippen molar-refractivity contribution in [1.29, 1.82) is 0 Å². The highest BCUT2D eigenvalue weighted by Crippen LogP contribution is 2.16. The number of nitrogens with one attached hydrogen (secondary N) is 1. The summed E-state index contributed by atoms with van der Waals surface area (Å²) in [4.78, 5) is 2.19. The van der Waals surface area contributed by atoms with Gasteiger partial charge in [-0.3, -0.25) is 0 Å². The fourth-order valence-corrected chi connectivity index (χ4v) is 1.72. The number of nitrogens with zero attached hydrogens (tertiary/aromatic N) is 1. The number of hydrogen-bond acceptors (Lipinski definition) is 3. The minimum atomic E-state index is 0.396. The Morgan fingerprint density at radius 1 is 1.42 bits per heavy atom. The average Bonchev–Trinajstić information content (AvgIpc) is 2.36. The molecule has 12 heavy (non-hydrogen) atoms. The fourth-order valence-electron chi connectivity index (χ4n) is 1.72. The molecule has 1 aliphatic rings. The first-order valence-corrected chi connectivity index (χ1v) is 4.84. The Kier molecular flexibility index (Phi) is 3.98. The molecular weight excluding hydrogens is 150 g/mol. The zero-order valence-corrected chi connectivity index (χ0v) is 8.21. The third kappa shape index (κ3) is 3.09. The standard InChI is InChI=1S/C9H21N3/c1-12(2)7-6-11-9-5-3-4-8(9)10/h8-9,11H,3-7,10H2,1-2H3/t8-,9-/m1/s1. The minimum absolute atomic E-state index is 0.396. The van der Waals surface area contributed by atoms with Crippen molar-refractivity contribution >= 4 is 0 Å². The molecule has 0 bridgehead atoms. The lowest BCUT2D eigenvalue weighted by atomic mass is 10.2. The van der Waals surface area contributed by atoms with Crippen LogP contribution in [-0.4, -0.2) is 44.2 Å². The van der Waals surface area contributed by atoms with E-state index in [0.29, 0.717) is 12.1 Å². The van der Waals surface area contributed by atoms with Crippen molar-refractivity contribution in [2.75, 3.05) is 27.2 Å². The monoisotopic (exact) mass is 171 g/mol. The largest absolute Gasteiger partial charge is 0.326 e. The SMILES string of the molecule is CN(C)CCN[C@@H]1CCC[C@H]1N. The smallest absolute Gasteiger partial charge is 0.0219 e. The van der Waals surface area contributed by atoms with Gasteiger partial charge in [0.1, 0.15) is 0 Å². The molecule has 0 spiro atoms. The molecule has 0 aromatic carbocycles. The van der Waals surface area contributed by atoms with Crippen molar-refractivity contribution in [2.24, 2.45) is 5.73 Å². The Labute approximate surface area is 75.3 Å². The van der Waals surface area contributed by atoms with Crippen molar-refractivity contribution in [1.82, 2.24) is 10.2 Å². The highest BCUT2D eigenvalue weighted by atomic mass is 15.1. The lowest BCUT2D eigenvalue weighted by Gasteiger charge is -2.18. The van der Waals surface area contributed by atoms with Gasteiger partial charge >= 0.3 is 0 Å². The van der Waals surface area contributed by atoms with Gasteiger partial charge in [0.15, 0.2) is 0 Å². The fraction of sp³-hybridized carbons (Fsp3) is 1.00. The molecule has 3 nitrogen and oxygen atoms in total. The van der Waals surface area contributed by atoms with Crippen molar-refractivity contribution in [3.8, 4) is 0 Å². The summed E-state index contributed by atoms with van der Waals surface area (Å²) in [6.07, 6.45) is 3.75. The van der Waals surface area contributed by atoms with Gasteiger partial charge in [0.05, 0.1) is 0 Å². The van der Waals surface area contributed by atoms with E-state index in [1.54, 1.807) is 0 Å². The van der Waals surface area contributed by atoms with Crippen molar-refractivity contribution in [3.05, 3.63) is 0 Å². The maximum Gasteiger partial charge on any atom is 0.0219 e. The van der Waals surface area contributed by atoms with Gasteiger partial charge < -0.3 is 16.0 Å². The third-order valence-corrected chi connectivity index (χ3v) is 2.53. The van der Waals surface area contributed by atoms with Crippen LogP contribution in [0.4, 0.5) is 0 Å². The number of nitrogens with two attached hydrogens (primary N) is 1. The molecule has 0 amide bonds. The van der Waals surface area contributed by atoms with Crippen LogP contribution in [0, 0.1) is 0 Å². The lowest BCUT2D eigenvalue weighted by Crippen LogP contribution is -2.43. The van der Waals surface area contributed by atoms with Gasteiger partial charge in [-0.1, -0.05) is 6.42 Å². The molecule has 1 fully saturated rings. The quantitative estimate of drug-likeness (QED) is 0.626. The Hall–Kier alpha value is -0.120. The molecule has 1 rings (SSSR count). The van der Waals surface area contributed by atoms with Crippen LogP contribution in [0.1, 0.15) is 19.3 Å². The van der Waals surface area contributed by atoms with Crippen molar-refractivity contribution in [2.45, 2.75) is 31.3 Å². The molecule has 0 unspecified atom stereocenters. The molecule has 0 heterocycles. The van der Waals surface area contributed by atoms with Crippen LogP contribution in [0.5, 0.6) is 0 Å². The maximum atomic E-state index is 5.92. The van der Waals surface area contributed by atoms with Crippen LogP contribution in [0.15, 0.2) is 0 Å². The second kappa shape index (κ2) is 4.80. The van der Waals surface area contributed by atoms with Gasteiger partial charge in [-0.05, 0) is 26.9 Å². The molecule has 72 valence electrons. The summed E-state index contributed by atoms with van der Waals surface area (Å²) in [5, 5.41) is 3.50. The van der Waals surface area contributed by atoms with E-state index in [9.17, 15) is 0 Å². The Bertz CT molecular complexity index is 125. The van der Waals surface area contributed by atoms with E-state index in [4.69, 9.17) is 5.73 Å². The zero-order valence-electron chi connectivity index (χ0n) is 8.21. The number of rotatable bonds is 4. The molecule has 0 aliphatic heterocycles. The van der Waals surface area contributed by atoms with Crippen molar-refractivity contribution in [3.63, 3.8) is 0 Å². The molecule has 2 atom stereocenters. The van der Waals surface area contributed by atoms with E-state index in [0.717, 1.165) is 13.1 Å². The first-order chi connectivity index (χ1) is 5.70. The number of hydrogen-bond donors (Lipinski definition) is 2. The van der Waals surface area contributed by atoms with Gasteiger partial charge in [0.2, 0.25) is 0 Å². The maximum absolute atomic E-state index is 5.92. The Morgan fingerprint density at radius 2 is 2.17 bits per heavy atom. The Balaban J connectivity index is 2.06. The molecule has 1 aliphatic carbocycles. The third-order valence-electron chi connectivity index (χ3n) is 2.53. The van der Waals surface area contributed by atoms with Crippen LogP contribution in [0.25, 0.3) is 0 Å².